The highest BCUT2D eigenvalue weighted by Crippen LogP contribution is 2.16. The SMILES string of the molecule is Cc1cccc(OCC(=O)N2CCC(CN)CC2)c1. The van der Waals surface area contributed by atoms with Gasteiger partial charge < -0.3 is 15.4 Å². The highest BCUT2D eigenvalue weighted by atomic mass is 16.5. The van der Waals surface area contributed by atoms with E-state index < -0.39 is 0 Å². The smallest absolute Gasteiger partial charge is 0.260 e. The van der Waals surface area contributed by atoms with E-state index in [1.165, 1.54) is 0 Å². The van der Waals surface area contributed by atoms with Crippen molar-refractivity contribution in [3.63, 3.8) is 0 Å². The molecule has 0 aromatic heterocycles. The average molecular weight is 262 g/mol. The summed E-state index contributed by atoms with van der Waals surface area (Å²) in [5, 5.41) is 0. The minimum absolute atomic E-state index is 0.0666. The summed E-state index contributed by atoms with van der Waals surface area (Å²) in [6.45, 7) is 4.46. The first kappa shape index (κ1) is 13.9. The van der Waals surface area contributed by atoms with Crippen LogP contribution in [0.25, 0.3) is 0 Å². The highest BCUT2D eigenvalue weighted by molar-refractivity contribution is 5.77. The number of carbonyl (C=O) groups excluding carboxylic acids is 1. The standard InChI is InChI=1S/C15H22N2O2/c1-12-3-2-4-14(9-12)19-11-15(18)17-7-5-13(10-16)6-8-17/h2-4,9,13H,5-8,10-11,16H2,1H3. The van der Waals surface area contributed by atoms with Gasteiger partial charge in [0, 0.05) is 13.1 Å². The molecule has 0 bridgehead atoms. The van der Waals surface area contributed by atoms with Gasteiger partial charge in [-0.1, -0.05) is 12.1 Å². The van der Waals surface area contributed by atoms with E-state index in [0.29, 0.717) is 5.92 Å². The predicted molar refractivity (Wildman–Crippen MR) is 75.0 cm³/mol. The largest absolute Gasteiger partial charge is 0.484 e. The van der Waals surface area contributed by atoms with Gasteiger partial charge in [-0.2, -0.15) is 0 Å². The summed E-state index contributed by atoms with van der Waals surface area (Å²) in [5.41, 5.74) is 6.78. The van der Waals surface area contributed by atoms with Gasteiger partial charge >= 0.3 is 0 Å². The molecule has 1 fully saturated rings. The minimum atomic E-state index is 0.0666. The monoisotopic (exact) mass is 262 g/mol. The number of rotatable bonds is 4. The second-order valence-electron chi connectivity index (χ2n) is 5.17. The van der Waals surface area contributed by atoms with E-state index in [2.05, 4.69) is 0 Å². The Balaban J connectivity index is 1.79. The van der Waals surface area contributed by atoms with Crippen LogP contribution in [-0.2, 0) is 4.79 Å². The first-order valence-electron chi connectivity index (χ1n) is 6.86. The average Bonchev–Trinajstić information content (AvgIpc) is 2.45. The number of aryl methyl sites for hydroxylation is 1. The van der Waals surface area contributed by atoms with Crippen molar-refractivity contribution in [1.29, 1.82) is 0 Å². The highest BCUT2D eigenvalue weighted by Gasteiger charge is 2.21. The Morgan fingerprint density at radius 2 is 2.16 bits per heavy atom. The Labute approximate surface area is 114 Å². The van der Waals surface area contributed by atoms with Crippen LogP contribution in [0.5, 0.6) is 5.75 Å². The summed E-state index contributed by atoms with van der Waals surface area (Å²) in [6, 6.07) is 7.75. The Bertz CT molecular complexity index is 426. The second-order valence-corrected chi connectivity index (χ2v) is 5.17. The Kier molecular flexibility index (Phi) is 4.80. The molecule has 104 valence electrons. The van der Waals surface area contributed by atoms with Gasteiger partial charge in [-0.05, 0) is 49.9 Å². The molecule has 19 heavy (non-hydrogen) atoms. The maximum absolute atomic E-state index is 12.0. The van der Waals surface area contributed by atoms with Crippen LogP contribution in [0, 0.1) is 12.8 Å². The maximum Gasteiger partial charge on any atom is 0.260 e. The lowest BCUT2D eigenvalue weighted by Crippen LogP contribution is -2.42. The van der Waals surface area contributed by atoms with Gasteiger partial charge in [0.2, 0.25) is 0 Å². The number of piperidine rings is 1. The fourth-order valence-electron chi connectivity index (χ4n) is 2.36. The van der Waals surface area contributed by atoms with Gasteiger partial charge in [0.25, 0.3) is 5.91 Å². The van der Waals surface area contributed by atoms with Crippen molar-refractivity contribution < 1.29 is 9.53 Å². The molecule has 1 aromatic rings. The zero-order valence-corrected chi connectivity index (χ0v) is 11.5. The van der Waals surface area contributed by atoms with E-state index in [1.807, 2.05) is 36.1 Å². The number of ether oxygens (including phenoxy) is 1. The third-order valence-electron chi connectivity index (χ3n) is 3.65. The lowest BCUT2D eigenvalue weighted by molar-refractivity contribution is -0.134. The van der Waals surface area contributed by atoms with Crippen LogP contribution in [0.3, 0.4) is 0 Å². The Morgan fingerprint density at radius 1 is 1.42 bits per heavy atom. The molecule has 0 unspecified atom stereocenters. The van der Waals surface area contributed by atoms with Gasteiger partial charge in [0.15, 0.2) is 6.61 Å². The molecule has 2 rings (SSSR count). The zero-order valence-electron chi connectivity index (χ0n) is 11.5. The van der Waals surface area contributed by atoms with Crippen LogP contribution >= 0.6 is 0 Å². The third-order valence-corrected chi connectivity index (χ3v) is 3.65. The zero-order chi connectivity index (χ0) is 13.7. The summed E-state index contributed by atoms with van der Waals surface area (Å²) < 4.78 is 5.54. The van der Waals surface area contributed by atoms with E-state index in [0.717, 1.165) is 43.8 Å². The van der Waals surface area contributed by atoms with Crippen LogP contribution in [0.15, 0.2) is 24.3 Å². The number of likely N-dealkylation sites (tertiary alicyclic amines) is 1. The van der Waals surface area contributed by atoms with Crippen LogP contribution in [0.1, 0.15) is 18.4 Å². The summed E-state index contributed by atoms with van der Waals surface area (Å²) in [6.07, 6.45) is 2.01. The topological polar surface area (TPSA) is 55.6 Å². The summed E-state index contributed by atoms with van der Waals surface area (Å²) in [5.74, 6) is 1.39. The normalized spacial score (nSPS) is 16.4. The molecule has 1 saturated heterocycles. The van der Waals surface area contributed by atoms with E-state index in [-0.39, 0.29) is 12.5 Å². The maximum atomic E-state index is 12.0. The lowest BCUT2D eigenvalue weighted by Gasteiger charge is -2.31. The van der Waals surface area contributed by atoms with Crippen molar-refractivity contribution in [2.45, 2.75) is 19.8 Å². The van der Waals surface area contributed by atoms with Gasteiger partial charge in [-0.3, -0.25) is 4.79 Å². The molecule has 0 spiro atoms. The fourth-order valence-corrected chi connectivity index (χ4v) is 2.36. The predicted octanol–water partition coefficient (Wildman–Crippen LogP) is 1.57. The van der Waals surface area contributed by atoms with Gasteiger partial charge in [0.1, 0.15) is 5.75 Å². The molecule has 1 aromatic carbocycles. The van der Waals surface area contributed by atoms with Crippen molar-refractivity contribution in [2.75, 3.05) is 26.2 Å². The molecule has 1 aliphatic heterocycles. The van der Waals surface area contributed by atoms with Gasteiger partial charge in [-0.25, -0.2) is 0 Å². The van der Waals surface area contributed by atoms with Crippen molar-refractivity contribution >= 4 is 5.91 Å². The number of amides is 1. The van der Waals surface area contributed by atoms with Gasteiger partial charge in [-0.15, -0.1) is 0 Å². The van der Waals surface area contributed by atoms with E-state index >= 15 is 0 Å². The fraction of sp³-hybridized carbons (Fsp3) is 0.533. The Hall–Kier alpha value is -1.55. The Morgan fingerprint density at radius 3 is 2.79 bits per heavy atom. The number of hydrogen-bond donors (Lipinski definition) is 1. The minimum Gasteiger partial charge on any atom is -0.484 e. The number of hydrogen-bond acceptors (Lipinski definition) is 3. The van der Waals surface area contributed by atoms with Crippen LogP contribution in [0.2, 0.25) is 0 Å². The first-order valence-corrected chi connectivity index (χ1v) is 6.86. The third kappa shape index (κ3) is 3.96. The molecule has 0 radical (unpaired) electrons. The molecule has 0 atom stereocenters. The molecular formula is C15H22N2O2. The molecular weight excluding hydrogens is 240 g/mol. The second kappa shape index (κ2) is 6.57. The molecule has 1 aliphatic rings. The number of carbonyl (C=O) groups is 1. The summed E-state index contributed by atoms with van der Waals surface area (Å²) in [4.78, 5) is 13.9. The molecule has 1 amide bonds. The summed E-state index contributed by atoms with van der Waals surface area (Å²) in [7, 11) is 0. The van der Waals surface area contributed by atoms with E-state index in [4.69, 9.17) is 10.5 Å². The van der Waals surface area contributed by atoms with E-state index in [9.17, 15) is 4.79 Å². The van der Waals surface area contributed by atoms with Crippen LogP contribution in [0.4, 0.5) is 0 Å². The first-order chi connectivity index (χ1) is 9.19. The molecule has 0 saturated carbocycles. The van der Waals surface area contributed by atoms with Crippen molar-refractivity contribution in [3.05, 3.63) is 29.8 Å². The van der Waals surface area contributed by atoms with Crippen LogP contribution < -0.4 is 10.5 Å². The van der Waals surface area contributed by atoms with Crippen molar-refractivity contribution in [3.8, 4) is 5.75 Å². The van der Waals surface area contributed by atoms with Gasteiger partial charge in [0.05, 0.1) is 0 Å². The molecule has 4 nitrogen and oxygen atoms in total. The number of nitrogens with zero attached hydrogens (tertiary/aromatic N) is 1. The molecule has 2 N–H and O–H groups in total. The number of nitrogens with two attached hydrogens (primary N) is 1. The van der Waals surface area contributed by atoms with E-state index in [1.54, 1.807) is 0 Å². The quantitative estimate of drug-likeness (QED) is 0.896. The van der Waals surface area contributed by atoms with Crippen LogP contribution in [-0.4, -0.2) is 37.0 Å². The van der Waals surface area contributed by atoms with Crippen molar-refractivity contribution in [1.82, 2.24) is 4.90 Å². The molecule has 4 heteroatoms. The number of benzene rings is 1. The molecule has 1 heterocycles. The molecule has 0 aliphatic carbocycles. The lowest BCUT2D eigenvalue weighted by atomic mass is 9.97. The summed E-state index contributed by atoms with van der Waals surface area (Å²) >= 11 is 0. The van der Waals surface area contributed by atoms with Crippen molar-refractivity contribution in [2.24, 2.45) is 11.7 Å².